The van der Waals surface area contributed by atoms with Gasteiger partial charge in [-0.15, -0.1) is 0 Å². The van der Waals surface area contributed by atoms with Crippen LogP contribution in [-0.4, -0.2) is 44.0 Å². The third kappa shape index (κ3) is 4.30. The van der Waals surface area contributed by atoms with E-state index in [1.54, 1.807) is 6.26 Å². The highest BCUT2D eigenvalue weighted by Crippen LogP contribution is 2.26. The lowest BCUT2D eigenvalue weighted by atomic mass is 10.1. The van der Waals surface area contributed by atoms with E-state index in [1.807, 2.05) is 6.07 Å². The second kappa shape index (κ2) is 8.29. The van der Waals surface area contributed by atoms with Crippen LogP contribution < -0.4 is 10.2 Å². The van der Waals surface area contributed by atoms with Crippen molar-refractivity contribution in [2.45, 2.75) is 26.7 Å². The summed E-state index contributed by atoms with van der Waals surface area (Å²) in [6.45, 7) is 8.40. The monoisotopic (exact) mass is 391 g/mol. The first-order chi connectivity index (χ1) is 14.0. The van der Waals surface area contributed by atoms with Gasteiger partial charge in [-0.2, -0.15) is 0 Å². The Bertz CT molecular complexity index is 1020. The minimum absolute atomic E-state index is 0.0253. The number of carbonyl (C=O) groups excluding carboxylic acids is 1. The zero-order chi connectivity index (χ0) is 20.4. The van der Waals surface area contributed by atoms with Crippen molar-refractivity contribution >= 4 is 28.3 Å². The van der Waals surface area contributed by atoms with Crippen LogP contribution in [0.5, 0.6) is 0 Å². The zero-order valence-electron chi connectivity index (χ0n) is 17.5. The van der Waals surface area contributed by atoms with Gasteiger partial charge in [-0.1, -0.05) is 19.1 Å². The number of furan rings is 1. The van der Waals surface area contributed by atoms with Crippen LogP contribution >= 0.6 is 0 Å². The number of nitrogens with one attached hydrogen (secondary N) is 1. The third-order valence-corrected chi connectivity index (χ3v) is 5.83. The quantitative estimate of drug-likeness (QED) is 0.707. The first-order valence-electron chi connectivity index (χ1n) is 10.4. The molecule has 29 heavy (non-hydrogen) atoms. The summed E-state index contributed by atoms with van der Waals surface area (Å²) in [7, 11) is 2.16. The maximum atomic E-state index is 12.7. The first-order valence-corrected chi connectivity index (χ1v) is 10.4. The molecule has 0 bridgehead atoms. The molecule has 5 heteroatoms. The number of benzene rings is 2. The number of nitrogens with zero attached hydrogens (tertiary/aromatic N) is 2. The molecule has 0 atom stereocenters. The second-order valence-corrected chi connectivity index (χ2v) is 7.96. The number of likely N-dealkylation sites (N-methyl/N-ethyl adjacent to an activating group) is 1. The Labute approximate surface area is 172 Å². The molecule has 1 aliphatic heterocycles. The van der Waals surface area contributed by atoms with Gasteiger partial charge in [0.2, 0.25) is 5.91 Å². The fourth-order valence-corrected chi connectivity index (χ4v) is 3.90. The van der Waals surface area contributed by atoms with E-state index >= 15 is 0 Å². The minimum atomic E-state index is -0.0253. The average molecular weight is 392 g/mol. The van der Waals surface area contributed by atoms with Gasteiger partial charge in [0.25, 0.3) is 0 Å². The Morgan fingerprint density at radius 3 is 2.62 bits per heavy atom. The molecular weight excluding hydrogens is 362 g/mol. The molecule has 1 amide bonds. The van der Waals surface area contributed by atoms with E-state index in [9.17, 15) is 4.79 Å². The van der Waals surface area contributed by atoms with E-state index in [1.165, 1.54) is 11.3 Å². The standard InChI is InChI=1S/C24H29N3O2/c1-4-18-5-7-21-19(16-29-23(21)14-18)15-24(28)25-22-8-6-20(13-17(22)2)27-11-9-26(3)10-12-27/h5-8,13-14,16H,4,9-12,15H2,1-3H3,(H,25,28). The van der Waals surface area contributed by atoms with Gasteiger partial charge in [-0.25, -0.2) is 0 Å². The van der Waals surface area contributed by atoms with Crippen molar-refractivity contribution in [3.63, 3.8) is 0 Å². The zero-order valence-corrected chi connectivity index (χ0v) is 17.5. The number of carbonyl (C=O) groups is 1. The summed E-state index contributed by atoms with van der Waals surface area (Å²) in [5, 5.41) is 4.08. The van der Waals surface area contributed by atoms with E-state index in [2.05, 4.69) is 66.3 Å². The van der Waals surface area contributed by atoms with Crippen molar-refractivity contribution in [2.75, 3.05) is 43.4 Å². The number of anilines is 2. The molecule has 5 nitrogen and oxygen atoms in total. The molecule has 1 aliphatic rings. The maximum absolute atomic E-state index is 12.7. The van der Waals surface area contributed by atoms with Gasteiger partial charge >= 0.3 is 0 Å². The molecular formula is C24H29N3O2. The largest absolute Gasteiger partial charge is 0.464 e. The van der Waals surface area contributed by atoms with Crippen LogP contribution in [0.3, 0.4) is 0 Å². The summed E-state index contributed by atoms with van der Waals surface area (Å²) in [5.41, 5.74) is 6.18. The summed E-state index contributed by atoms with van der Waals surface area (Å²) < 4.78 is 5.67. The molecule has 1 saturated heterocycles. The number of amides is 1. The van der Waals surface area contributed by atoms with Crippen LogP contribution in [0, 0.1) is 6.92 Å². The minimum Gasteiger partial charge on any atom is -0.464 e. The molecule has 0 radical (unpaired) electrons. The van der Waals surface area contributed by atoms with Crippen LogP contribution in [0.2, 0.25) is 0 Å². The Morgan fingerprint density at radius 2 is 1.90 bits per heavy atom. The molecule has 152 valence electrons. The molecule has 4 rings (SSSR count). The molecule has 2 heterocycles. The highest BCUT2D eigenvalue weighted by molar-refractivity contribution is 5.96. The highest BCUT2D eigenvalue weighted by Gasteiger charge is 2.16. The SMILES string of the molecule is CCc1ccc2c(CC(=O)Nc3ccc(N4CCN(C)CC4)cc3C)coc2c1. The highest BCUT2D eigenvalue weighted by atomic mass is 16.3. The van der Waals surface area contributed by atoms with E-state index in [-0.39, 0.29) is 5.91 Å². The number of rotatable bonds is 5. The summed E-state index contributed by atoms with van der Waals surface area (Å²) >= 11 is 0. The molecule has 1 aromatic heterocycles. The molecule has 1 fully saturated rings. The molecule has 0 saturated carbocycles. The molecule has 0 unspecified atom stereocenters. The Kier molecular flexibility index (Phi) is 5.58. The predicted octanol–water partition coefficient (Wildman–Crippen LogP) is 4.24. The van der Waals surface area contributed by atoms with Crippen LogP contribution in [0.1, 0.15) is 23.6 Å². The van der Waals surface area contributed by atoms with Crippen molar-refractivity contribution in [3.8, 4) is 0 Å². The van der Waals surface area contributed by atoms with E-state index in [0.717, 1.165) is 60.4 Å². The van der Waals surface area contributed by atoms with E-state index < -0.39 is 0 Å². The smallest absolute Gasteiger partial charge is 0.228 e. The van der Waals surface area contributed by atoms with Gasteiger partial charge in [0.15, 0.2) is 0 Å². The Balaban J connectivity index is 1.43. The van der Waals surface area contributed by atoms with Gasteiger partial charge in [-0.05, 0) is 55.8 Å². The average Bonchev–Trinajstić information content (AvgIpc) is 3.12. The Morgan fingerprint density at radius 1 is 1.10 bits per heavy atom. The van der Waals surface area contributed by atoms with Gasteiger partial charge in [-0.3, -0.25) is 4.79 Å². The van der Waals surface area contributed by atoms with Crippen molar-refractivity contribution < 1.29 is 9.21 Å². The topological polar surface area (TPSA) is 48.7 Å². The lowest BCUT2D eigenvalue weighted by molar-refractivity contribution is -0.115. The number of aryl methyl sites for hydroxylation is 2. The van der Waals surface area contributed by atoms with Gasteiger partial charge < -0.3 is 19.5 Å². The van der Waals surface area contributed by atoms with E-state index in [0.29, 0.717) is 6.42 Å². The van der Waals surface area contributed by atoms with Crippen molar-refractivity contribution in [1.29, 1.82) is 0 Å². The van der Waals surface area contributed by atoms with Crippen LogP contribution in [0.25, 0.3) is 11.0 Å². The van der Waals surface area contributed by atoms with Gasteiger partial charge in [0.05, 0.1) is 12.7 Å². The normalized spacial score (nSPS) is 15.1. The summed E-state index contributed by atoms with van der Waals surface area (Å²) in [6.07, 6.45) is 2.97. The number of hydrogen-bond acceptors (Lipinski definition) is 4. The predicted molar refractivity (Wildman–Crippen MR) is 119 cm³/mol. The lowest BCUT2D eigenvalue weighted by Crippen LogP contribution is -2.44. The summed E-state index contributed by atoms with van der Waals surface area (Å²) in [6, 6.07) is 12.5. The maximum Gasteiger partial charge on any atom is 0.228 e. The second-order valence-electron chi connectivity index (χ2n) is 7.96. The molecule has 0 aliphatic carbocycles. The number of piperazine rings is 1. The molecule has 2 aromatic carbocycles. The van der Waals surface area contributed by atoms with Crippen molar-refractivity contribution in [1.82, 2.24) is 4.90 Å². The number of fused-ring (bicyclic) bond motifs is 1. The van der Waals surface area contributed by atoms with Crippen LogP contribution in [0.4, 0.5) is 11.4 Å². The van der Waals surface area contributed by atoms with E-state index in [4.69, 9.17) is 4.42 Å². The van der Waals surface area contributed by atoms with Gasteiger partial charge in [0, 0.05) is 48.5 Å². The lowest BCUT2D eigenvalue weighted by Gasteiger charge is -2.34. The fourth-order valence-electron chi connectivity index (χ4n) is 3.90. The molecule has 3 aromatic rings. The van der Waals surface area contributed by atoms with Gasteiger partial charge in [0.1, 0.15) is 5.58 Å². The third-order valence-electron chi connectivity index (χ3n) is 5.83. The van der Waals surface area contributed by atoms with Crippen LogP contribution in [-0.2, 0) is 17.6 Å². The Hall–Kier alpha value is -2.79. The molecule has 1 N–H and O–H groups in total. The fraction of sp³-hybridized carbons (Fsp3) is 0.375. The first kappa shape index (κ1) is 19.5. The molecule has 0 spiro atoms. The number of hydrogen-bond donors (Lipinski definition) is 1. The van der Waals surface area contributed by atoms with Crippen molar-refractivity contribution in [2.24, 2.45) is 0 Å². The van der Waals surface area contributed by atoms with Crippen molar-refractivity contribution in [3.05, 3.63) is 59.4 Å². The summed E-state index contributed by atoms with van der Waals surface area (Å²) in [4.78, 5) is 17.4. The van der Waals surface area contributed by atoms with Crippen LogP contribution in [0.15, 0.2) is 47.1 Å². The summed E-state index contributed by atoms with van der Waals surface area (Å²) in [5.74, 6) is -0.0253.